The summed E-state index contributed by atoms with van der Waals surface area (Å²) in [6.45, 7) is 7.57. The molecule has 0 aromatic heterocycles. The van der Waals surface area contributed by atoms with Crippen LogP contribution in [0.4, 0.5) is 0 Å². The van der Waals surface area contributed by atoms with Crippen LogP contribution >= 0.6 is 0 Å². The molecule has 0 aliphatic carbocycles. The largest absolute Gasteiger partial charge is 0.393 e. The van der Waals surface area contributed by atoms with Crippen molar-refractivity contribution >= 4 is 0 Å². The molecule has 20 heavy (non-hydrogen) atoms. The van der Waals surface area contributed by atoms with E-state index in [2.05, 4.69) is 19.1 Å². The SMILES string of the molecule is CC(C)[C@@H](O)C[C@@H]1O[C@@H]1[C@@H](C)COCc1ccccc1. The molecule has 0 bridgehead atoms. The molecule has 0 radical (unpaired) electrons. The summed E-state index contributed by atoms with van der Waals surface area (Å²) in [5.41, 5.74) is 1.20. The van der Waals surface area contributed by atoms with E-state index < -0.39 is 0 Å². The molecule has 1 heterocycles. The van der Waals surface area contributed by atoms with Gasteiger partial charge in [0.1, 0.15) is 0 Å². The number of epoxide rings is 1. The van der Waals surface area contributed by atoms with E-state index in [1.165, 1.54) is 5.56 Å². The Labute approximate surface area is 121 Å². The Morgan fingerprint density at radius 1 is 1.20 bits per heavy atom. The first kappa shape index (κ1) is 15.5. The topological polar surface area (TPSA) is 42.0 Å². The van der Waals surface area contributed by atoms with E-state index in [9.17, 15) is 5.11 Å². The van der Waals surface area contributed by atoms with Gasteiger partial charge in [0.15, 0.2) is 0 Å². The lowest BCUT2D eigenvalue weighted by Crippen LogP contribution is -2.20. The van der Waals surface area contributed by atoms with Crippen molar-refractivity contribution in [3.05, 3.63) is 35.9 Å². The normalized spacial score (nSPS) is 24.6. The van der Waals surface area contributed by atoms with Gasteiger partial charge in [0.2, 0.25) is 0 Å². The molecule has 1 aliphatic rings. The van der Waals surface area contributed by atoms with Crippen molar-refractivity contribution in [1.82, 2.24) is 0 Å². The van der Waals surface area contributed by atoms with Crippen LogP contribution in [0.2, 0.25) is 0 Å². The van der Waals surface area contributed by atoms with Crippen LogP contribution in [-0.2, 0) is 16.1 Å². The summed E-state index contributed by atoms with van der Waals surface area (Å²) >= 11 is 0. The number of hydrogen-bond donors (Lipinski definition) is 1. The van der Waals surface area contributed by atoms with Crippen LogP contribution < -0.4 is 0 Å². The number of aliphatic hydroxyl groups excluding tert-OH is 1. The van der Waals surface area contributed by atoms with Crippen LogP contribution in [0, 0.1) is 11.8 Å². The molecule has 1 aromatic carbocycles. The Bertz CT molecular complexity index is 390. The van der Waals surface area contributed by atoms with Crippen molar-refractivity contribution in [3.8, 4) is 0 Å². The summed E-state index contributed by atoms with van der Waals surface area (Å²) in [6.07, 6.45) is 0.940. The molecule has 4 atom stereocenters. The predicted molar refractivity (Wildman–Crippen MR) is 79.4 cm³/mol. The first-order chi connectivity index (χ1) is 9.58. The molecule has 1 aliphatic heterocycles. The smallest absolute Gasteiger partial charge is 0.0890 e. The summed E-state index contributed by atoms with van der Waals surface area (Å²) in [7, 11) is 0. The molecule has 1 aromatic rings. The van der Waals surface area contributed by atoms with Gasteiger partial charge in [-0.15, -0.1) is 0 Å². The van der Waals surface area contributed by atoms with E-state index in [1.54, 1.807) is 0 Å². The van der Waals surface area contributed by atoms with Gasteiger partial charge in [0.25, 0.3) is 0 Å². The van der Waals surface area contributed by atoms with Gasteiger partial charge in [-0.25, -0.2) is 0 Å². The molecule has 0 unspecified atom stereocenters. The summed E-state index contributed by atoms with van der Waals surface area (Å²) in [6, 6.07) is 10.2. The third-order valence-corrected chi connectivity index (χ3v) is 3.92. The van der Waals surface area contributed by atoms with Gasteiger partial charge < -0.3 is 14.6 Å². The zero-order chi connectivity index (χ0) is 14.5. The Balaban J connectivity index is 1.63. The molecule has 1 saturated heterocycles. The lowest BCUT2D eigenvalue weighted by atomic mass is 9.98. The van der Waals surface area contributed by atoms with Crippen molar-refractivity contribution in [2.24, 2.45) is 11.8 Å². The van der Waals surface area contributed by atoms with E-state index in [4.69, 9.17) is 9.47 Å². The first-order valence-electron chi connectivity index (χ1n) is 7.53. The molecule has 1 fully saturated rings. The molecular formula is C17H26O3. The molecule has 2 rings (SSSR count). The van der Waals surface area contributed by atoms with Crippen LogP contribution in [0.3, 0.4) is 0 Å². The third-order valence-electron chi connectivity index (χ3n) is 3.92. The zero-order valence-corrected chi connectivity index (χ0v) is 12.7. The van der Waals surface area contributed by atoms with Crippen LogP contribution in [0.25, 0.3) is 0 Å². The standard InChI is InChI=1S/C17H26O3/c1-12(2)15(18)9-16-17(20-16)13(3)10-19-11-14-7-5-4-6-8-14/h4-8,12-13,15-18H,9-11H2,1-3H3/t13-,15-,16-,17+/m0/s1. The minimum atomic E-state index is -0.262. The van der Waals surface area contributed by atoms with Gasteiger partial charge in [0, 0.05) is 12.3 Å². The van der Waals surface area contributed by atoms with Crippen molar-refractivity contribution < 1.29 is 14.6 Å². The van der Waals surface area contributed by atoms with E-state index in [0.717, 1.165) is 6.42 Å². The fourth-order valence-electron chi connectivity index (χ4n) is 2.39. The quantitative estimate of drug-likeness (QED) is 0.743. The average Bonchev–Trinajstić information content (AvgIpc) is 3.19. The summed E-state index contributed by atoms with van der Waals surface area (Å²) in [5.74, 6) is 0.674. The molecule has 1 N–H and O–H groups in total. The maximum absolute atomic E-state index is 9.85. The lowest BCUT2D eigenvalue weighted by molar-refractivity contribution is 0.0825. The highest BCUT2D eigenvalue weighted by atomic mass is 16.6. The van der Waals surface area contributed by atoms with E-state index in [0.29, 0.717) is 25.0 Å². The molecule has 0 saturated carbocycles. The number of ether oxygens (including phenoxy) is 2. The number of benzene rings is 1. The lowest BCUT2D eigenvalue weighted by Gasteiger charge is -2.13. The summed E-state index contributed by atoms with van der Waals surface area (Å²) in [5, 5.41) is 9.85. The van der Waals surface area contributed by atoms with Crippen LogP contribution in [0.15, 0.2) is 30.3 Å². The maximum atomic E-state index is 9.85. The summed E-state index contributed by atoms with van der Waals surface area (Å²) < 4.78 is 11.4. The van der Waals surface area contributed by atoms with Crippen molar-refractivity contribution in [3.63, 3.8) is 0 Å². The molecule has 3 heteroatoms. The van der Waals surface area contributed by atoms with Gasteiger partial charge in [-0.3, -0.25) is 0 Å². The second-order valence-corrected chi connectivity index (χ2v) is 6.16. The van der Waals surface area contributed by atoms with Gasteiger partial charge in [-0.05, 0) is 11.5 Å². The highest BCUT2D eigenvalue weighted by Crippen LogP contribution is 2.34. The Kier molecular flexibility index (Phi) is 5.58. The number of hydrogen-bond acceptors (Lipinski definition) is 3. The minimum Gasteiger partial charge on any atom is -0.393 e. The Morgan fingerprint density at radius 3 is 2.55 bits per heavy atom. The second kappa shape index (κ2) is 7.21. The van der Waals surface area contributed by atoms with E-state index in [-0.39, 0.29) is 18.3 Å². The monoisotopic (exact) mass is 278 g/mol. The minimum absolute atomic E-state index is 0.211. The maximum Gasteiger partial charge on any atom is 0.0890 e. The number of rotatable bonds is 8. The Morgan fingerprint density at radius 2 is 1.90 bits per heavy atom. The van der Waals surface area contributed by atoms with Crippen molar-refractivity contribution in [2.45, 2.75) is 52.1 Å². The van der Waals surface area contributed by atoms with Crippen LogP contribution in [0.5, 0.6) is 0 Å². The van der Waals surface area contributed by atoms with E-state index >= 15 is 0 Å². The molecule has 0 spiro atoms. The van der Waals surface area contributed by atoms with Crippen LogP contribution in [-0.4, -0.2) is 30.0 Å². The summed E-state index contributed by atoms with van der Waals surface area (Å²) in [4.78, 5) is 0. The van der Waals surface area contributed by atoms with Gasteiger partial charge >= 0.3 is 0 Å². The van der Waals surface area contributed by atoms with Crippen LogP contribution in [0.1, 0.15) is 32.8 Å². The number of aliphatic hydroxyl groups is 1. The zero-order valence-electron chi connectivity index (χ0n) is 12.7. The molecule has 0 amide bonds. The first-order valence-corrected chi connectivity index (χ1v) is 7.53. The molecule has 3 nitrogen and oxygen atoms in total. The van der Waals surface area contributed by atoms with Crippen molar-refractivity contribution in [2.75, 3.05) is 6.61 Å². The fourth-order valence-corrected chi connectivity index (χ4v) is 2.39. The molecule has 112 valence electrons. The predicted octanol–water partition coefficient (Wildman–Crippen LogP) is 3.01. The van der Waals surface area contributed by atoms with Gasteiger partial charge in [0.05, 0.1) is 31.5 Å². The van der Waals surface area contributed by atoms with E-state index in [1.807, 2.05) is 32.0 Å². The fraction of sp³-hybridized carbons (Fsp3) is 0.647. The van der Waals surface area contributed by atoms with Gasteiger partial charge in [-0.1, -0.05) is 51.1 Å². The highest BCUT2D eigenvalue weighted by Gasteiger charge is 2.43. The van der Waals surface area contributed by atoms with Gasteiger partial charge in [-0.2, -0.15) is 0 Å². The second-order valence-electron chi connectivity index (χ2n) is 6.16. The third kappa shape index (κ3) is 4.58. The average molecular weight is 278 g/mol. The molecular weight excluding hydrogens is 252 g/mol. The van der Waals surface area contributed by atoms with Crippen molar-refractivity contribution in [1.29, 1.82) is 0 Å². The Hall–Kier alpha value is -0.900. The highest BCUT2D eigenvalue weighted by molar-refractivity contribution is 5.13.